The van der Waals surface area contributed by atoms with Crippen LogP contribution in [0.4, 0.5) is 14.9 Å². The number of hydrogen-bond acceptors (Lipinski definition) is 7. The number of benzene rings is 2. The Balaban J connectivity index is 1.52. The van der Waals surface area contributed by atoms with Crippen LogP contribution in [0.15, 0.2) is 65.1 Å². The summed E-state index contributed by atoms with van der Waals surface area (Å²) in [5, 5.41) is 10.5. The average Bonchev–Trinajstić information content (AvgIpc) is 3.42. The molecule has 0 bridgehead atoms. The van der Waals surface area contributed by atoms with E-state index in [2.05, 4.69) is 10.4 Å². The molecule has 1 atom stereocenters. The van der Waals surface area contributed by atoms with E-state index in [0.717, 1.165) is 5.56 Å². The molecule has 10 heteroatoms. The quantitative estimate of drug-likeness (QED) is 0.425. The van der Waals surface area contributed by atoms with Crippen molar-refractivity contribution in [3.8, 4) is 11.5 Å². The molecular formula is C25H24FN3O5S. The second-order valence-electron chi connectivity index (χ2n) is 7.57. The molecule has 1 aliphatic heterocycles. The van der Waals surface area contributed by atoms with Crippen LogP contribution in [0.2, 0.25) is 0 Å². The van der Waals surface area contributed by atoms with Crippen molar-refractivity contribution in [1.82, 2.24) is 5.01 Å². The van der Waals surface area contributed by atoms with E-state index in [-0.39, 0.29) is 18.2 Å². The number of rotatable bonds is 9. The van der Waals surface area contributed by atoms with Crippen molar-refractivity contribution in [3.63, 3.8) is 0 Å². The zero-order chi connectivity index (χ0) is 24.8. The van der Waals surface area contributed by atoms with Gasteiger partial charge >= 0.3 is 6.09 Å². The topological polar surface area (TPSA) is 89.5 Å². The van der Waals surface area contributed by atoms with Crippen molar-refractivity contribution in [1.29, 1.82) is 0 Å². The van der Waals surface area contributed by atoms with Gasteiger partial charge in [-0.2, -0.15) is 10.1 Å². The fraction of sp³-hybridized carbons (Fsp3) is 0.240. The summed E-state index contributed by atoms with van der Waals surface area (Å²) >= 11 is 1.37. The van der Waals surface area contributed by atoms with Crippen molar-refractivity contribution < 1.29 is 28.2 Å². The lowest BCUT2D eigenvalue weighted by Gasteiger charge is -2.29. The van der Waals surface area contributed by atoms with Crippen LogP contribution < -0.4 is 14.8 Å². The fourth-order valence-electron chi connectivity index (χ4n) is 3.57. The molecular weight excluding hydrogens is 473 g/mol. The standard InChI is InChI=1S/C25H24FN3O5S/c1-3-19-23(17-8-11-20(33-15-26)21(13-17)32-2)28-29(25(31)34-19)14-16-6-9-18(10-7-16)27-24(30)22-5-4-12-35-22/h4-13,19H,3,14-15H2,1-2H3,(H,27,30). The third kappa shape index (κ3) is 5.60. The second-order valence-corrected chi connectivity index (χ2v) is 8.52. The highest BCUT2D eigenvalue weighted by molar-refractivity contribution is 7.12. The number of ether oxygens (including phenoxy) is 3. The van der Waals surface area contributed by atoms with Gasteiger partial charge in [0.15, 0.2) is 11.5 Å². The summed E-state index contributed by atoms with van der Waals surface area (Å²) in [6.07, 6.45) is -0.562. The van der Waals surface area contributed by atoms with Gasteiger partial charge in [0.1, 0.15) is 11.8 Å². The Morgan fingerprint density at radius 1 is 1.20 bits per heavy atom. The highest BCUT2D eigenvalue weighted by atomic mass is 32.1. The van der Waals surface area contributed by atoms with Gasteiger partial charge in [-0.15, -0.1) is 11.3 Å². The van der Waals surface area contributed by atoms with E-state index < -0.39 is 19.1 Å². The number of amides is 2. The minimum atomic E-state index is -0.976. The van der Waals surface area contributed by atoms with E-state index >= 15 is 0 Å². The van der Waals surface area contributed by atoms with Gasteiger partial charge in [-0.3, -0.25) is 4.79 Å². The molecule has 2 heterocycles. The molecule has 0 spiro atoms. The smallest absolute Gasteiger partial charge is 0.431 e. The minimum Gasteiger partial charge on any atom is -0.493 e. The zero-order valence-corrected chi connectivity index (χ0v) is 20.0. The first-order valence-electron chi connectivity index (χ1n) is 10.9. The van der Waals surface area contributed by atoms with Crippen molar-refractivity contribution in [3.05, 3.63) is 76.0 Å². The molecule has 1 unspecified atom stereocenters. The largest absolute Gasteiger partial charge is 0.493 e. The first-order valence-corrected chi connectivity index (χ1v) is 11.8. The molecule has 4 rings (SSSR count). The molecule has 1 aliphatic rings. The average molecular weight is 498 g/mol. The van der Waals surface area contributed by atoms with Crippen LogP contribution in [0.5, 0.6) is 11.5 Å². The SMILES string of the molecule is CCC1OC(=O)N(Cc2ccc(NC(=O)c3cccs3)cc2)N=C1c1ccc(OCF)c(OC)c1. The number of carbonyl (C=O) groups is 2. The van der Waals surface area contributed by atoms with Gasteiger partial charge in [0.2, 0.25) is 6.86 Å². The predicted molar refractivity (Wildman–Crippen MR) is 131 cm³/mol. The van der Waals surface area contributed by atoms with Crippen LogP contribution in [-0.2, 0) is 11.3 Å². The third-order valence-corrected chi connectivity index (χ3v) is 6.19. The molecule has 0 aliphatic carbocycles. The van der Waals surface area contributed by atoms with Crippen LogP contribution in [0.25, 0.3) is 0 Å². The number of methoxy groups -OCH3 is 1. The monoisotopic (exact) mass is 497 g/mol. The first kappa shape index (κ1) is 24.2. The summed E-state index contributed by atoms with van der Waals surface area (Å²) in [5.41, 5.74) is 2.67. The van der Waals surface area contributed by atoms with Crippen LogP contribution in [0.3, 0.4) is 0 Å². The number of anilines is 1. The third-order valence-electron chi connectivity index (χ3n) is 5.32. The molecule has 2 amide bonds. The number of carbonyl (C=O) groups excluding carboxylic acids is 2. The molecule has 0 fully saturated rings. The molecule has 0 radical (unpaired) electrons. The summed E-state index contributed by atoms with van der Waals surface area (Å²) in [6, 6.07) is 15.7. The lowest BCUT2D eigenvalue weighted by Crippen LogP contribution is -2.41. The van der Waals surface area contributed by atoms with Crippen LogP contribution in [0.1, 0.15) is 34.1 Å². The summed E-state index contributed by atoms with van der Waals surface area (Å²) in [7, 11) is 1.46. The Bertz CT molecular complexity index is 1210. The highest BCUT2D eigenvalue weighted by Gasteiger charge is 2.31. The summed E-state index contributed by atoms with van der Waals surface area (Å²) in [6.45, 7) is 1.10. The van der Waals surface area contributed by atoms with E-state index in [0.29, 0.717) is 34.0 Å². The number of hydrazone groups is 1. The number of hydrogen-bond donors (Lipinski definition) is 1. The molecule has 182 valence electrons. The van der Waals surface area contributed by atoms with E-state index in [1.807, 2.05) is 30.5 Å². The Kier molecular flexibility index (Phi) is 7.61. The molecule has 3 aromatic rings. The lowest BCUT2D eigenvalue weighted by atomic mass is 10.0. The number of nitrogens with one attached hydrogen (secondary N) is 1. The summed E-state index contributed by atoms with van der Waals surface area (Å²) in [4.78, 5) is 25.5. The highest BCUT2D eigenvalue weighted by Crippen LogP contribution is 2.30. The van der Waals surface area contributed by atoms with Crippen molar-refractivity contribution in [2.24, 2.45) is 5.10 Å². The van der Waals surface area contributed by atoms with Gasteiger partial charge in [0.25, 0.3) is 5.91 Å². The van der Waals surface area contributed by atoms with Crippen molar-refractivity contribution >= 4 is 34.7 Å². The maximum Gasteiger partial charge on any atom is 0.431 e. The van der Waals surface area contributed by atoms with Crippen LogP contribution >= 0.6 is 11.3 Å². The van der Waals surface area contributed by atoms with Gasteiger partial charge in [0, 0.05) is 11.3 Å². The Hall–Kier alpha value is -3.92. The first-order chi connectivity index (χ1) is 17.0. The number of halogens is 1. The Labute approximate surface area is 205 Å². The van der Waals surface area contributed by atoms with E-state index in [1.165, 1.54) is 23.5 Å². The van der Waals surface area contributed by atoms with E-state index in [1.54, 1.807) is 36.4 Å². The summed E-state index contributed by atoms with van der Waals surface area (Å²) in [5.74, 6) is 0.440. The summed E-state index contributed by atoms with van der Waals surface area (Å²) < 4.78 is 28.5. The zero-order valence-electron chi connectivity index (χ0n) is 19.2. The Morgan fingerprint density at radius 3 is 2.66 bits per heavy atom. The number of alkyl halides is 1. The van der Waals surface area contributed by atoms with Crippen molar-refractivity contribution in [2.75, 3.05) is 19.3 Å². The molecule has 35 heavy (non-hydrogen) atoms. The predicted octanol–water partition coefficient (Wildman–Crippen LogP) is 5.45. The molecule has 2 aromatic carbocycles. The van der Waals surface area contributed by atoms with Crippen molar-refractivity contribution in [2.45, 2.75) is 26.0 Å². The number of cyclic esters (lactones) is 1. The molecule has 0 saturated carbocycles. The number of thiophene rings is 1. The maximum absolute atomic E-state index is 12.6. The second kappa shape index (κ2) is 11.0. The van der Waals surface area contributed by atoms with E-state index in [4.69, 9.17) is 14.2 Å². The molecule has 1 N–H and O–H groups in total. The maximum atomic E-state index is 12.6. The molecule has 8 nitrogen and oxygen atoms in total. The van der Waals surface area contributed by atoms with Crippen LogP contribution in [-0.4, -0.2) is 42.8 Å². The Morgan fingerprint density at radius 2 is 2.00 bits per heavy atom. The molecule has 0 saturated heterocycles. The van der Waals surface area contributed by atoms with Gasteiger partial charge in [-0.1, -0.05) is 25.1 Å². The number of nitrogens with zero attached hydrogens (tertiary/aromatic N) is 2. The normalized spacial score (nSPS) is 15.3. The van der Waals surface area contributed by atoms with E-state index in [9.17, 15) is 14.0 Å². The lowest BCUT2D eigenvalue weighted by molar-refractivity contribution is 0.0712. The molecule has 1 aromatic heterocycles. The van der Waals surface area contributed by atoms with Crippen LogP contribution in [0, 0.1) is 0 Å². The fourth-order valence-corrected chi connectivity index (χ4v) is 4.18. The van der Waals surface area contributed by atoms with Gasteiger partial charge in [0.05, 0.1) is 18.5 Å². The minimum absolute atomic E-state index is 0.175. The van der Waals surface area contributed by atoms with Gasteiger partial charge in [-0.05, 0) is 53.8 Å². The van der Waals surface area contributed by atoms with Gasteiger partial charge < -0.3 is 19.5 Å². The van der Waals surface area contributed by atoms with Gasteiger partial charge in [-0.25, -0.2) is 9.18 Å².